The molecule has 1 amide bonds. The molecule has 0 bridgehead atoms. The first kappa shape index (κ1) is 17.8. The van der Waals surface area contributed by atoms with Crippen molar-refractivity contribution in [1.29, 1.82) is 0 Å². The van der Waals surface area contributed by atoms with E-state index in [9.17, 15) is 4.79 Å². The predicted molar refractivity (Wildman–Crippen MR) is 105 cm³/mol. The van der Waals surface area contributed by atoms with Crippen LogP contribution in [0.4, 0.5) is 17.3 Å². The fourth-order valence-electron chi connectivity index (χ4n) is 2.15. The van der Waals surface area contributed by atoms with Crippen molar-refractivity contribution < 1.29 is 4.79 Å². The molecule has 132 valence electrons. The van der Waals surface area contributed by atoms with Crippen LogP contribution in [-0.2, 0) is 0 Å². The minimum atomic E-state index is -0.110. The Balaban J connectivity index is 1.42. The highest BCUT2D eigenvalue weighted by Crippen LogP contribution is 2.13. The Morgan fingerprint density at radius 2 is 1.73 bits per heavy atom. The summed E-state index contributed by atoms with van der Waals surface area (Å²) in [4.78, 5) is 16.0. The van der Waals surface area contributed by atoms with Crippen LogP contribution in [0.2, 0.25) is 0 Å². The molecule has 0 saturated carbocycles. The zero-order chi connectivity index (χ0) is 18.2. The maximum absolute atomic E-state index is 12.0. The Kier molecular flexibility index (Phi) is 6.10. The largest absolute Gasteiger partial charge is 0.367 e. The third-order valence-corrected chi connectivity index (χ3v) is 3.95. The van der Waals surface area contributed by atoms with Gasteiger partial charge in [-0.05, 0) is 48.5 Å². The molecule has 26 heavy (non-hydrogen) atoms. The molecule has 2 aromatic heterocycles. The molecule has 8 heteroatoms. The molecule has 0 atom stereocenters. The van der Waals surface area contributed by atoms with Gasteiger partial charge in [-0.2, -0.15) is 0 Å². The highest BCUT2D eigenvalue weighted by molar-refractivity contribution is 9.10. The summed E-state index contributed by atoms with van der Waals surface area (Å²) in [6, 6.07) is 14.6. The SMILES string of the molecule is O=C(NCCNc1ccc(Nc2cccnc2)nn1)c1ccc(Br)cc1. The van der Waals surface area contributed by atoms with E-state index in [1.54, 1.807) is 24.5 Å². The van der Waals surface area contributed by atoms with E-state index in [0.717, 1.165) is 10.2 Å². The van der Waals surface area contributed by atoms with Gasteiger partial charge >= 0.3 is 0 Å². The summed E-state index contributed by atoms with van der Waals surface area (Å²) in [6.45, 7) is 1.03. The quantitative estimate of drug-likeness (QED) is 0.516. The number of anilines is 3. The van der Waals surface area contributed by atoms with Crippen LogP contribution >= 0.6 is 15.9 Å². The first-order valence-corrected chi connectivity index (χ1v) is 8.78. The number of pyridine rings is 1. The number of carbonyl (C=O) groups excluding carboxylic acids is 1. The second kappa shape index (κ2) is 8.91. The van der Waals surface area contributed by atoms with Gasteiger partial charge in [0.05, 0.1) is 11.9 Å². The molecule has 0 aliphatic heterocycles. The average Bonchev–Trinajstić information content (AvgIpc) is 2.68. The van der Waals surface area contributed by atoms with E-state index < -0.39 is 0 Å². The molecule has 0 aliphatic rings. The van der Waals surface area contributed by atoms with Crippen LogP contribution in [0.25, 0.3) is 0 Å². The van der Waals surface area contributed by atoms with E-state index in [0.29, 0.717) is 30.3 Å². The van der Waals surface area contributed by atoms with Crippen molar-refractivity contribution in [3.63, 3.8) is 0 Å². The van der Waals surface area contributed by atoms with Crippen LogP contribution < -0.4 is 16.0 Å². The number of halogens is 1. The second-order valence-corrected chi connectivity index (χ2v) is 6.28. The highest BCUT2D eigenvalue weighted by atomic mass is 79.9. The Hall–Kier alpha value is -3.00. The normalized spacial score (nSPS) is 10.2. The second-order valence-electron chi connectivity index (χ2n) is 5.36. The van der Waals surface area contributed by atoms with Gasteiger partial charge in [-0.15, -0.1) is 10.2 Å². The number of hydrogen-bond acceptors (Lipinski definition) is 6. The van der Waals surface area contributed by atoms with Crippen LogP contribution in [0.3, 0.4) is 0 Å². The maximum Gasteiger partial charge on any atom is 0.251 e. The number of nitrogens with zero attached hydrogens (tertiary/aromatic N) is 3. The van der Waals surface area contributed by atoms with Gasteiger partial charge in [-0.3, -0.25) is 9.78 Å². The number of amides is 1. The topological polar surface area (TPSA) is 91.8 Å². The van der Waals surface area contributed by atoms with E-state index >= 15 is 0 Å². The van der Waals surface area contributed by atoms with Gasteiger partial charge in [0.25, 0.3) is 5.91 Å². The molecule has 2 heterocycles. The average molecular weight is 413 g/mol. The number of nitrogens with one attached hydrogen (secondary N) is 3. The predicted octanol–water partition coefficient (Wildman–Crippen LogP) is 3.22. The molecule has 0 saturated heterocycles. The van der Waals surface area contributed by atoms with Gasteiger partial charge in [0.1, 0.15) is 5.82 Å². The Bertz CT molecular complexity index is 840. The number of rotatable bonds is 7. The molecular formula is C18H17BrN6O. The Morgan fingerprint density at radius 3 is 2.42 bits per heavy atom. The van der Waals surface area contributed by atoms with Crippen molar-refractivity contribution in [2.45, 2.75) is 0 Å². The third-order valence-electron chi connectivity index (χ3n) is 3.42. The first-order valence-electron chi connectivity index (χ1n) is 7.99. The molecule has 1 aromatic carbocycles. The lowest BCUT2D eigenvalue weighted by atomic mass is 10.2. The van der Waals surface area contributed by atoms with E-state index in [-0.39, 0.29) is 5.91 Å². The number of hydrogen-bond donors (Lipinski definition) is 3. The Labute approximate surface area is 159 Å². The smallest absolute Gasteiger partial charge is 0.251 e. The highest BCUT2D eigenvalue weighted by Gasteiger charge is 2.04. The molecule has 0 fully saturated rings. The fraction of sp³-hybridized carbons (Fsp3) is 0.111. The first-order chi connectivity index (χ1) is 12.7. The molecule has 3 aromatic rings. The van der Waals surface area contributed by atoms with Crippen LogP contribution in [-0.4, -0.2) is 34.2 Å². The molecule has 0 aliphatic carbocycles. The molecule has 0 spiro atoms. The summed E-state index contributed by atoms with van der Waals surface area (Å²) < 4.78 is 0.941. The number of carbonyl (C=O) groups is 1. The van der Waals surface area contributed by atoms with E-state index in [2.05, 4.69) is 47.1 Å². The van der Waals surface area contributed by atoms with Crippen LogP contribution in [0.15, 0.2) is 65.4 Å². The summed E-state index contributed by atoms with van der Waals surface area (Å²) in [5, 5.41) is 17.3. The zero-order valence-corrected chi connectivity index (χ0v) is 15.4. The molecule has 7 nitrogen and oxygen atoms in total. The van der Waals surface area contributed by atoms with Gasteiger partial charge in [0, 0.05) is 29.3 Å². The van der Waals surface area contributed by atoms with Gasteiger partial charge < -0.3 is 16.0 Å². The zero-order valence-electron chi connectivity index (χ0n) is 13.8. The van der Waals surface area contributed by atoms with Crippen molar-refractivity contribution in [2.24, 2.45) is 0 Å². The third kappa shape index (κ3) is 5.25. The van der Waals surface area contributed by atoms with Crippen LogP contribution in [0, 0.1) is 0 Å². The lowest BCUT2D eigenvalue weighted by Gasteiger charge is -2.08. The fourth-order valence-corrected chi connectivity index (χ4v) is 2.41. The van der Waals surface area contributed by atoms with E-state index in [1.807, 2.05) is 36.4 Å². The number of aromatic nitrogens is 3. The van der Waals surface area contributed by atoms with Crippen molar-refractivity contribution >= 4 is 39.2 Å². The number of benzene rings is 1. The minimum Gasteiger partial charge on any atom is -0.367 e. The van der Waals surface area contributed by atoms with E-state index in [4.69, 9.17) is 0 Å². The lowest BCUT2D eigenvalue weighted by molar-refractivity contribution is 0.0955. The summed E-state index contributed by atoms with van der Waals surface area (Å²) >= 11 is 3.35. The molecule has 0 radical (unpaired) electrons. The molecule has 3 rings (SSSR count). The van der Waals surface area contributed by atoms with Crippen LogP contribution in [0.1, 0.15) is 10.4 Å². The van der Waals surface area contributed by atoms with Crippen LogP contribution in [0.5, 0.6) is 0 Å². The monoisotopic (exact) mass is 412 g/mol. The van der Waals surface area contributed by atoms with Crippen molar-refractivity contribution in [1.82, 2.24) is 20.5 Å². The summed E-state index contributed by atoms with van der Waals surface area (Å²) in [5.41, 5.74) is 1.47. The van der Waals surface area contributed by atoms with Gasteiger partial charge in [0.15, 0.2) is 5.82 Å². The van der Waals surface area contributed by atoms with Crippen molar-refractivity contribution in [3.05, 3.63) is 71.0 Å². The standard InChI is InChI=1S/C18H17BrN6O/c19-14-5-3-13(4-6-14)18(26)22-11-10-21-16-7-8-17(25-24-16)23-15-2-1-9-20-12-15/h1-9,12H,10-11H2,(H,21,24)(H,22,26)(H,23,25). The lowest BCUT2D eigenvalue weighted by Crippen LogP contribution is -2.28. The van der Waals surface area contributed by atoms with Crippen molar-refractivity contribution in [2.75, 3.05) is 23.7 Å². The van der Waals surface area contributed by atoms with Gasteiger partial charge in [0.2, 0.25) is 0 Å². The van der Waals surface area contributed by atoms with Gasteiger partial charge in [-0.1, -0.05) is 15.9 Å². The Morgan fingerprint density at radius 1 is 0.962 bits per heavy atom. The molecule has 0 unspecified atom stereocenters. The summed E-state index contributed by atoms with van der Waals surface area (Å²) in [7, 11) is 0. The summed E-state index contributed by atoms with van der Waals surface area (Å²) in [5.74, 6) is 1.16. The summed E-state index contributed by atoms with van der Waals surface area (Å²) in [6.07, 6.45) is 3.42. The van der Waals surface area contributed by atoms with Gasteiger partial charge in [-0.25, -0.2) is 0 Å². The minimum absolute atomic E-state index is 0.110. The molecule has 3 N–H and O–H groups in total. The molecular weight excluding hydrogens is 396 g/mol. The maximum atomic E-state index is 12.0. The van der Waals surface area contributed by atoms with Crippen molar-refractivity contribution in [3.8, 4) is 0 Å². The van der Waals surface area contributed by atoms with E-state index in [1.165, 1.54) is 0 Å².